The Kier molecular flexibility index (Phi) is 4.88. The molecule has 0 saturated carbocycles. The summed E-state index contributed by atoms with van der Waals surface area (Å²) in [5.41, 5.74) is 7.59. The van der Waals surface area contributed by atoms with E-state index in [0.717, 1.165) is 23.9 Å². The third kappa shape index (κ3) is 3.13. The Hall–Kier alpha value is -0.570. The zero-order chi connectivity index (χ0) is 14.0. The highest BCUT2D eigenvalue weighted by Crippen LogP contribution is 2.36. The Labute approximate surface area is 121 Å². The van der Waals surface area contributed by atoms with E-state index in [0.29, 0.717) is 6.04 Å². The Balaban J connectivity index is 2.34. The van der Waals surface area contributed by atoms with Gasteiger partial charge in [-0.2, -0.15) is 0 Å². The van der Waals surface area contributed by atoms with Crippen molar-refractivity contribution in [2.45, 2.75) is 51.7 Å². The first kappa shape index (κ1) is 14.8. The lowest BCUT2D eigenvalue weighted by atomic mass is 9.95. The van der Waals surface area contributed by atoms with Crippen LogP contribution in [0.3, 0.4) is 0 Å². The van der Waals surface area contributed by atoms with Crippen LogP contribution in [-0.2, 0) is 0 Å². The van der Waals surface area contributed by atoms with Crippen molar-refractivity contribution in [3.05, 3.63) is 34.9 Å². The first-order valence-electron chi connectivity index (χ1n) is 7.30. The summed E-state index contributed by atoms with van der Waals surface area (Å²) < 4.78 is 0. The lowest BCUT2D eigenvalue weighted by molar-refractivity contribution is 0.160. The molecular weight excluding hydrogens is 256 g/mol. The second-order valence-corrected chi connectivity index (χ2v) is 6.33. The topological polar surface area (TPSA) is 29.3 Å². The van der Waals surface area contributed by atoms with Crippen molar-refractivity contribution in [1.29, 1.82) is 0 Å². The minimum absolute atomic E-state index is 0.132. The summed E-state index contributed by atoms with van der Waals surface area (Å²) in [5, 5.41) is 0.836. The van der Waals surface area contributed by atoms with Crippen LogP contribution in [0.15, 0.2) is 24.3 Å². The molecule has 0 amide bonds. The number of rotatable bonds is 4. The molecule has 1 fully saturated rings. The molecule has 1 aromatic rings. The molecule has 1 aliphatic rings. The highest BCUT2D eigenvalue weighted by molar-refractivity contribution is 6.31. The van der Waals surface area contributed by atoms with Gasteiger partial charge in [-0.15, -0.1) is 0 Å². The van der Waals surface area contributed by atoms with Gasteiger partial charge in [0.2, 0.25) is 0 Å². The molecule has 0 aliphatic carbocycles. The van der Waals surface area contributed by atoms with E-state index in [9.17, 15) is 0 Å². The molecular formula is C16H25ClN2. The summed E-state index contributed by atoms with van der Waals surface area (Å²) in [4.78, 5) is 2.54. The van der Waals surface area contributed by atoms with E-state index in [2.05, 4.69) is 37.8 Å². The van der Waals surface area contributed by atoms with Crippen LogP contribution in [0, 0.1) is 5.92 Å². The predicted molar refractivity (Wildman–Crippen MR) is 82.4 cm³/mol. The highest BCUT2D eigenvalue weighted by Gasteiger charge is 2.35. The van der Waals surface area contributed by atoms with Crippen molar-refractivity contribution in [2.75, 3.05) is 6.54 Å². The van der Waals surface area contributed by atoms with E-state index >= 15 is 0 Å². The molecule has 4 atom stereocenters. The summed E-state index contributed by atoms with van der Waals surface area (Å²) >= 11 is 6.40. The molecule has 2 N–H and O–H groups in total. The summed E-state index contributed by atoms with van der Waals surface area (Å²) in [5.74, 6) is 0.740. The fraction of sp³-hybridized carbons (Fsp3) is 0.625. The van der Waals surface area contributed by atoms with Crippen molar-refractivity contribution in [3.63, 3.8) is 0 Å². The van der Waals surface area contributed by atoms with Crippen molar-refractivity contribution in [1.82, 2.24) is 4.90 Å². The zero-order valence-corrected chi connectivity index (χ0v) is 12.9. The van der Waals surface area contributed by atoms with Crippen molar-refractivity contribution < 1.29 is 0 Å². The van der Waals surface area contributed by atoms with Crippen LogP contribution in [0.25, 0.3) is 0 Å². The number of hydrogen-bond acceptors (Lipinski definition) is 2. The molecule has 1 heterocycles. The van der Waals surface area contributed by atoms with Gasteiger partial charge in [0, 0.05) is 23.7 Å². The van der Waals surface area contributed by atoms with Crippen LogP contribution >= 0.6 is 11.6 Å². The quantitative estimate of drug-likeness (QED) is 0.908. The molecule has 0 bridgehead atoms. The monoisotopic (exact) mass is 280 g/mol. The number of nitrogens with zero attached hydrogens (tertiary/aromatic N) is 1. The van der Waals surface area contributed by atoms with E-state index in [1.165, 1.54) is 12.0 Å². The van der Waals surface area contributed by atoms with Gasteiger partial charge in [-0.1, -0.05) is 43.6 Å². The van der Waals surface area contributed by atoms with E-state index in [-0.39, 0.29) is 12.1 Å². The average Bonchev–Trinajstić information content (AvgIpc) is 2.71. The molecule has 106 valence electrons. The number of nitrogens with two attached hydrogens (primary N) is 1. The van der Waals surface area contributed by atoms with Gasteiger partial charge >= 0.3 is 0 Å². The predicted octanol–water partition coefficient (Wildman–Crippen LogP) is 3.85. The van der Waals surface area contributed by atoms with E-state index < -0.39 is 0 Å². The molecule has 19 heavy (non-hydrogen) atoms. The molecule has 4 unspecified atom stereocenters. The van der Waals surface area contributed by atoms with Crippen LogP contribution in [-0.4, -0.2) is 23.5 Å². The normalized spacial score (nSPS) is 27.4. The molecule has 1 aromatic carbocycles. The fourth-order valence-corrected chi connectivity index (χ4v) is 3.56. The summed E-state index contributed by atoms with van der Waals surface area (Å²) in [6.45, 7) is 7.89. The minimum atomic E-state index is 0.132. The summed E-state index contributed by atoms with van der Waals surface area (Å²) in [6.07, 6.45) is 2.21. The first-order valence-corrected chi connectivity index (χ1v) is 7.68. The minimum Gasteiger partial charge on any atom is -0.326 e. The van der Waals surface area contributed by atoms with Gasteiger partial charge in [0.15, 0.2) is 0 Å². The van der Waals surface area contributed by atoms with Gasteiger partial charge in [0.25, 0.3) is 0 Å². The Morgan fingerprint density at radius 2 is 2.05 bits per heavy atom. The Morgan fingerprint density at radius 1 is 1.37 bits per heavy atom. The molecule has 0 radical (unpaired) electrons. The molecule has 0 aromatic heterocycles. The van der Waals surface area contributed by atoms with Crippen LogP contribution in [0.2, 0.25) is 5.02 Å². The third-order valence-electron chi connectivity index (χ3n) is 4.29. The van der Waals surface area contributed by atoms with Crippen LogP contribution in [0.1, 0.15) is 45.2 Å². The maximum atomic E-state index is 6.41. The van der Waals surface area contributed by atoms with Crippen LogP contribution in [0.5, 0.6) is 0 Å². The van der Waals surface area contributed by atoms with E-state index in [1.54, 1.807) is 0 Å². The maximum absolute atomic E-state index is 6.41. The molecule has 1 saturated heterocycles. The SMILES string of the molecule is CCC(N)C(c1ccccc1Cl)N1CC(C)CC1C. The molecule has 2 nitrogen and oxygen atoms in total. The molecule has 3 heteroatoms. The van der Waals surface area contributed by atoms with Crippen molar-refractivity contribution >= 4 is 11.6 Å². The molecule has 2 rings (SSSR count). The van der Waals surface area contributed by atoms with Gasteiger partial charge in [0.1, 0.15) is 0 Å². The summed E-state index contributed by atoms with van der Waals surface area (Å²) in [7, 11) is 0. The number of benzene rings is 1. The highest BCUT2D eigenvalue weighted by atomic mass is 35.5. The standard InChI is InChI=1S/C16H25ClN2/c1-4-15(18)16(13-7-5-6-8-14(13)17)19-10-11(2)9-12(19)3/h5-8,11-12,15-16H,4,9-10,18H2,1-3H3. The van der Waals surface area contributed by atoms with Crippen LogP contribution in [0.4, 0.5) is 0 Å². The second kappa shape index (κ2) is 6.25. The van der Waals surface area contributed by atoms with Gasteiger partial charge in [-0.3, -0.25) is 4.90 Å². The lowest BCUT2D eigenvalue weighted by Crippen LogP contribution is -2.42. The number of likely N-dealkylation sites (tertiary alicyclic amines) is 1. The average molecular weight is 281 g/mol. The number of halogens is 1. The summed E-state index contributed by atoms with van der Waals surface area (Å²) in [6, 6.07) is 9.08. The smallest absolute Gasteiger partial charge is 0.0516 e. The van der Waals surface area contributed by atoms with Crippen molar-refractivity contribution in [3.8, 4) is 0 Å². The molecule has 0 spiro atoms. The van der Waals surface area contributed by atoms with Gasteiger partial charge < -0.3 is 5.73 Å². The van der Waals surface area contributed by atoms with Gasteiger partial charge in [-0.25, -0.2) is 0 Å². The fourth-order valence-electron chi connectivity index (χ4n) is 3.31. The maximum Gasteiger partial charge on any atom is 0.0516 e. The molecule has 1 aliphatic heterocycles. The largest absolute Gasteiger partial charge is 0.326 e. The Morgan fingerprint density at radius 3 is 2.58 bits per heavy atom. The van der Waals surface area contributed by atoms with E-state index in [1.807, 2.05) is 12.1 Å². The second-order valence-electron chi connectivity index (χ2n) is 5.93. The van der Waals surface area contributed by atoms with Gasteiger partial charge in [0.05, 0.1) is 6.04 Å². The van der Waals surface area contributed by atoms with Gasteiger partial charge in [-0.05, 0) is 37.3 Å². The number of hydrogen-bond donors (Lipinski definition) is 1. The Bertz CT molecular complexity index is 421. The third-order valence-corrected chi connectivity index (χ3v) is 4.63. The van der Waals surface area contributed by atoms with Crippen molar-refractivity contribution in [2.24, 2.45) is 11.7 Å². The lowest BCUT2D eigenvalue weighted by Gasteiger charge is -2.36. The zero-order valence-electron chi connectivity index (χ0n) is 12.1. The van der Waals surface area contributed by atoms with E-state index in [4.69, 9.17) is 17.3 Å². The van der Waals surface area contributed by atoms with Crippen LogP contribution < -0.4 is 5.73 Å². The first-order chi connectivity index (χ1) is 9.04.